The van der Waals surface area contributed by atoms with Crippen LogP contribution in [0.1, 0.15) is 0 Å². The number of nitrogens with zero attached hydrogens (tertiary/aromatic N) is 1. The summed E-state index contributed by atoms with van der Waals surface area (Å²) in [5.41, 5.74) is 6.33. The van der Waals surface area contributed by atoms with E-state index in [0.717, 1.165) is 12.3 Å². The summed E-state index contributed by atoms with van der Waals surface area (Å²) in [4.78, 5) is 13.8. The van der Waals surface area contributed by atoms with Crippen LogP contribution in [0.25, 0.3) is 0 Å². The summed E-state index contributed by atoms with van der Waals surface area (Å²) in [6.07, 6.45) is 0. The average Bonchev–Trinajstić information content (AvgIpc) is 2.49. The number of hydrogen-bond donors (Lipinski definition) is 2. The van der Waals surface area contributed by atoms with Gasteiger partial charge in [0.25, 0.3) is 0 Å². The molecule has 20 heavy (non-hydrogen) atoms. The highest BCUT2D eigenvalue weighted by Gasteiger charge is 2.28. The molecule has 1 saturated heterocycles. The molecule has 0 aliphatic carbocycles. The minimum atomic E-state index is -0.233. The number of amides is 1. The van der Waals surface area contributed by atoms with Crippen LogP contribution in [-0.4, -0.2) is 56.8 Å². The molecule has 2 rings (SSSR count). The number of carbonyl (C=O) groups is 1. The predicted octanol–water partition coefficient (Wildman–Crippen LogP) is 0.0944. The van der Waals surface area contributed by atoms with Crippen molar-refractivity contribution in [3.8, 4) is 5.75 Å². The molecule has 0 saturated carbocycles. The first-order chi connectivity index (χ1) is 9.70. The van der Waals surface area contributed by atoms with Crippen LogP contribution in [0.4, 0.5) is 5.69 Å². The van der Waals surface area contributed by atoms with Gasteiger partial charge in [0.2, 0.25) is 5.91 Å². The summed E-state index contributed by atoms with van der Waals surface area (Å²) >= 11 is 0. The molecule has 110 valence electrons. The SMILES string of the molecule is CNC(=O)C1COCCN1CCOc1ccc(N)cc1. The first-order valence-electron chi connectivity index (χ1n) is 6.72. The third-order valence-corrected chi connectivity index (χ3v) is 3.32. The van der Waals surface area contributed by atoms with Crippen molar-refractivity contribution in [2.24, 2.45) is 0 Å². The van der Waals surface area contributed by atoms with Crippen LogP contribution in [0, 0.1) is 0 Å². The second-order valence-corrected chi connectivity index (χ2v) is 4.66. The molecular formula is C14H21N3O3. The minimum absolute atomic E-state index is 0.0165. The van der Waals surface area contributed by atoms with Crippen molar-refractivity contribution in [3.63, 3.8) is 0 Å². The molecule has 3 N–H and O–H groups in total. The van der Waals surface area contributed by atoms with E-state index in [9.17, 15) is 4.79 Å². The molecule has 0 radical (unpaired) electrons. The molecule has 0 spiro atoms. The fourth-order valence-corrected chi connectivity index (χ4v) is 2.16. The topological polar surface area (TPSA) is 76.8 Å². The second-order valence-electron chi connectivity index (χ2n) is 4.66. The van der Waals surface area contributed by atoms with Crippen molar-refractivity contribution in [3.05, 3.63) is 24.3 Å². The third-order valence-electron chi connectivity index (χ3n) is 3.32. The molecule has 1 amide bonds. The number of likely N-dealkylation sites (N-methyl/N-ethyl adjacent to an activating group) is 1. The summed E-state index contributed by atoms with van der Waals surface area (Å²) < 4.78 is 11.0. The monoisotopic (exact) mass is 279 g/mol. The van der Waals surface area contributed by atoms with Gasteiger partial charge in [-0.05, 0) is 24.3 Å². The van der Waals surface area contributed by atoms with Crippen LogP contribution in [-0.2, 0) is 9.53 Å². The predicted molar refractivity (Wildman–Crippen MR) is 76.6 cm³/mol. The molecular weight excluding hydrogens is 258 g/mol. The van der Waals surface area contributed by atoms with E-state index in [1.165, 1.54) is 0 Å². The molecule has 1 atom stereocenters. The van der Waals surface area contributed by atoms with Gasteiger partial charge in [0.05, 0.1) is 13.2 Å². The van der Waals surface area contributed by atoms with E-state index < -0.39 is 0 Å². The lowest BCUT2D eigenvalue weighted by Crippen LogP contribution is -2.54. The van der Waals surface area contributed by atoms with Crippen LogP contribution in [0.3, 0.4) is 0 Å². The average molecular weight is 279 g/mol. The number of morpholine rings is 1. The summed E-state index contributed by atoms with van der Waals surface area (Å²) in [6, 6.07) is 7.05. The molecule has 1 unspecified atom stereocenters. The van der Waals surface area contributed by atoms with E-state index in [4.69, 9.17) is 15.2 Å². The number of nitrogens with two attached hydrogens (primary N) is 1. The van der Waals surface area contributed by atoms with Gasteiger partial charge in [0.15, 0.2) is 0 Å². The standard InChI is InChI=1S/C14H21N3O3/c1-16-14(18)13-10-19-8-6-17(13)7-9-20-12-4-2-11(15)3-5-12/h2-5,13H,6-10,15H2,1H3,(H,16,18). The lowest BCUT2D eigenvalue weighted by atomic mass is 10.2. The highest BCUT2D eigenvalue weighted by atomic mass is 16.5. The van der Waals surface area contributed by atoms with Crippen LogP contribution >= 0.6 is 0 Å². The zero-order chi connectivity index (χ0) is 14.4. The number of carbonyl (C=O) groups excluding carboxylic acids is 1. The number of nitrogen functional groups attached to an aromatic ring is 1. The molecule has 0 bridgehead atoms. The van der Waals surface area contributed by atoms with Gasteiger partial charge in [0, 0.05) is 25.8 Å². The Hall–Kier alpha value is -1.79. The van der Waals surface area contributed by atoms with Gasteiger partial charge in [-0.1, -0.05) is 0 Å². The van der Waals surface area contributed by atoms with Crippen molar-refractivity contribution >= 4 is 11.6 Å². The Kier molecular flexibility index (Phi) is 5.20. The Morgan fingerprint density at radius 2 is 2.25 bits per heavy atom. The first kappa shape index (κ1) is 14.6. The van der Waals surface area contributed by atoms with Crippen LogP contribution < -0.4 is 15.8 Å². The van der Waals surface area contributed by atoms with Crippen molar-refractivity contribution < 1.29 is 14.3 Å². The molecule has 1 aromatic carbocycles. The zero-order valence-corrected chi connectivity index (χ0v) is 11.7. The normalized spacial score (nSPS) is 19.6. The summed E-state index contributed by atoms with van der Waals surface area (Å²) in [5.74, 6) is 0.765. The molecule has 6 heteroatoms. The summed E-state index contributed by atoms with van der Waals surface area (Å²) in [6.45, 7) is 3.03. The van der Waals surface area contributed by atoms with E-state index >= 15 is 0 Å². The maximum absolute atomic E-state index is 11.8. The van der Waals surface area contributed by atoms with E-state index in [1.54, 1.807) is 19.2 Å². The van der Waals surface area contributed by atoms with Crippen molar-refractivity contribution in [2.75, 3.05) is 45.7 Å². The van der Waals surface area contributed by atoms with Gasteiger partial charge in [-0.2, -0.15) is 0 Å². The number of nitrogens with one attached hydrogen (secondary N) is 1. The highest BCUT2D eigenvalue weighted by Crippen LogP contribution is 2.13. The Morgan fingerprint density at radius 1 is 1.50 bits per heavy atom. The van der Waals surface area contributed by atoms with Crippen LogP contribution in [0.2, 0.25) is 0 Å². The van der Waals surface area contributed by atoms with Gasteiger partial charge in [0.1, 0.15) is 18.4 Å². The Morgan fingerprint density at radius 3 is 2.95 bits per heavy atom. The zero-order valence-electron chi connectivity index (χ0n) is 11.7. The first-order valence-corrected chi connectivity index (χ1v) is 6.72. The smallest absolute Gasteiger partial charge is 0.239 e. The highest BCUT2D eigenvalue weighted by molar-refractivity contribution is 5.81. The maximum atomic E-state index is 11.8. The molecule has 1 fully saturated rings. The Bertz CT molecular complexity index is 436. The third kappa shape index (κ3) is 3.85. The lowest BCUT2D eigenvalue weighted by Gasteiger charge is -2.33. The van der Waals surface area contributed by atoms with E-state index in [-0.39, 0.29) is 11.9 Å². The molecule has 0 aromatic heterocycles. The number of anilines is 1. The van der Waals surface area contributed by atoms with Gasteiger partial charge in [-0.25, -0.2) is 0 Å². The maximum Gasteiger partial charge on any atom is 0.239 e. The van der Waals surface area contributed by atoms with Crippen molar-refractivity contribution in [1.29, 1.82) is 0 Å². The number of rotatable bonds is 5. The molecule has 6 nitrogen and oxygen atoms in total. The van der Waals surface area contributed by atoms with E-state index in [2.05, 4.69) is 10.2 Å². The van der Waals surface area contributed by atoms with E-state index in [1.807, 2.05) is 12.1 Å². The minimum Gasteiger partial charge on any atom is -0.492 e. The Balaban J connectivity index is 1.82. The fraction of sp³-hybridized carbons (Fsp3) is 0.500. The second kappa shape index (κ2) is 7.12. The molecule has 1 aromatic rings. The quantitative estimate of drug-likeness (QED) is 0.747. The largest absolute Gasteiger partial charge is 0.492 e. The molecule has 1 heterocycles. The summed E-state index contributed by atoms with van der Waals surface area (Å²) in [7, 11) is 1.64. The van der Waals surface area contributed by atoms with Crippen molar-refractivity contribution in [1.82, 2.24) is 10.2 Å². The molecule has 1 aliphatic rings. The van der Waals surface area contributed by atoms with Gasteiger partial charge in [-0.15, -0.1) is 0 Å². The number of benzene rings is 1. The number of ether oxygens (including phenoxy) is 2. The van der Waals surface area contributed by atoms with Gasteiger partial charge in [-0.3, -0.25) is 9.69 Å². The Labute approximate surface area is 118 Å². The fourth-order valence-electron chi connectivity index (χ4n) is 2.16. The van der Waals surface area contributed by atoms with Crippen LogP contribution in [0.15, 0.2) is 24.3 Å². The van der Waals surface area contributed by atoms with Crippen molar-refractivity contribution in [2.45, 2.75) is 6.04 Å². The van der Waals surface area contributed by atoms with Gasteiger partial charge < -0.3 is 20.5 Å². The lowest BCUT2D eigenvalue weighted by molar-refractivity contribution is -0.132. The molecule has 1 aliphatic heterocycles. The van der Waals surface area contributed by atoms with E-state index in [0.29, 0.717) is 32.1 Å². The van der Waals surface area contributed by atoms with Crippen LogP contribution in [0.5, 0.6) is 5.75 Å². The summed E-state index contributed by atoms with van der Waals surface area (Å²) in [5, 5.41) is 2.66. The number of hydrogen-bond acceptors (Lipinski definition) is 5. The van der Waals surface area contributed by atoms with Gasteiger partial charge >= 0.3 is 0 Å².